The second-order valence-electron chi connectivity index (χ2n) is 7.51. The number of nitrogens with zero attached hydrogens (tertiary/aromatic N) is 1. The fraction of sp³-hybridized carbons (Fsp3) is 0.192. The molecule has 1 aliphatic heterocycles. The number of para-hydroxylation sites is 1. The first-order valence-corrected chi connectivity index (χ1v) is 11.7. The normalized spacial score (nSPS) is 15.4. The zero-order valence-electron chi connectivity index (χ0n) is 18.2. The summed E-state index contributed by atoms with van der Waals surface area (Å²) in [5.74, 6) is -0.268. The van der Waals surface area contributed by atoms with Gasteiger partial charge in [-0.25, -0.2) is 4.79 Å². The van der Waals surface area contributed by atoms with Gasteiger partial charge in [0.2, 0.25) is 5.91 Å². The quantitative estimate of drug-likeness (QED) is 0.508. The van der Waals surface area contributed by atoms with Crippen molar-refractivity contribution in [3.8, 4) is 0 Å². The Morgan fingerprint density at radius 1 is 1.00 bits per heavy atom. The smallest absolute Gasteiger partial charge is 0.340 e. The van der Waals surface area contributed by atoms with Crippen LogP contribution in [0.5, 0.6) is 0 Å². The maximum absolute atomic E-state index is 12.8. The van der Waals surface area contributed by atoms with E-state index in [9.17, 15) is 14.4 Å². The SMILES string of the molecule is CCOC(=O)c1ccccc1NC(=O)c1ccc([C@H]2SCC(=O)N2Cc2ccccc2)cc1. The molecule has 3 aromatic rings. The van der Waals surface area contributed by atoms with Gasteiger partial charge < -0.3 is 15.0 Å². The van der Waals surface area contributed by atoms with Crippen LogP contribution in [-0.4, -0.2) is 35.0 Å². The van der Waals surface area contributed by atoms with E-state index in [1.807, 2.05) is 47.4 Å². The van der Waals surface area contributed by atoms with Crippen LogP contribution in [0.3, 0.4) is 0 Å². The van der Waals surface area contributed by atoms with Gasteiger partial charge in [-0.15, -0.1) is 11.8 Å². The van der Waals surface area contributed by atoms with E-state index in [-0.39, 0.29) is 23.8 Å². The average Bonchev–Trinajstić information content (AvgIpc) is 3.20. The van der Waals surface area contributed by atoms with Crippen molar-refractivity contribution in [2.45, 2.75) is 18.8 Å². The number of rotatable bonds is 7. The van der Waals surface area contributed by atoms with Crippen molar-refractivity contribution >= 4 is 35.2 Å². The molecule has 168 valence electrons. The molecule has 0 aliphatic carbocycles. The number of carbonyl (C=O) groups excluding carboxylic acids is 3. The van der Waals surface area contributed by atoms with Crippen LogP contribution in [0.2, 0.25) is 0 Å². The molecule has 3 aromatic carbocycles. The molecule has 4 rings (SSSR count). The number of thioether (sulfide) groups is 1. The number of esters is 1. The fourth-order valence-corrected chi connectivity index (χ4v) is 4.84. The van der Waals surface area contributed by atoms with Gasteiger partial charge in [0.1, 0.15) is 5.37 Å². The molecule has 1 N–H and O–H groups in total. The van der Waals surface area contributed by atoms with E-state index in [2.05, 4.69) is 5.32 Å². The lowest BCUT2D eigenvalue weighted by Crippen LogP contribution is -2.27. The first-order chi connectivity index (χ1) is 16.1. The van der Waals surface area contributed by atoms with Gasteiger partial charge in [-0.3, -0.25) is 9.59 Å². The highest BCUT2D eigenvalue weighted by Gasteiger charge is 2.32. The Morgan fingerprint density at radius 3 is 2.42 bits per heavy atom. The van der Waals surface area contributed by atoms with Crippen molar-refractivity contribution in [3.63, 3.8) is 0 Å². The zero-order chi connectivity index (χ0) is 23.2. The van der Waals surface area contributed by atoms with E-state index in [1.165, 1.54) is 0 Å². The Kier molecular flexibility index (Phi) is 7.10. The minimum Gasteiger partial charge on any atom is -0.462 e. The summed E-state index contributed by atoms with van der Waals surface area (Å²) in [4.78, 5) is 39.3. The van der Waals surface area contributed by atoms with Gasteiger partial charge in [-0.1, -0.05) is 54.6 Å². The monoisotopic (exact) mass is 460 g/mol. The lowest BCUT2D eigenvalue weighted by atomic mass is 10.1. The van der Waals surface area contributed by atoms with Crippen LogP contribution in [-0.2, 0) is 16.1 Å². The Hall–Kier alpha value is -3.58. The summed E-state index contributed by atoms with van der Waals surface area (Å²) >= 11 is 1.58. The van der Waals surface area contributed by atoms with Crippen molar-refractivity contribution in [2.24, 2.45) is 0 Å². The van der Waals surface area contributed by atoms with Gasteiger partial charge in [-0.2, -0.15) is 0 Å². The molecule has 1 atom stereocenters. The summed E-state index contributed by atoms with van der Waals surface area (Å²) in [6.07, 6.45) is 0. The molecule has 0 spiro atoms. The highest BCUT2D eigenvalue weighted by atomic mass is 32.2. The molecule has 1 heterocycles. The third kappa shape index (κ3) is 5.26. The topological polar surface area (TPSA) is 75.7 Å². The average molecular weight is 461 g/mol. The summed E-state index contributed by atoms with van der Waals surface area (Å²) in [5, 5.41) is 2.70. The highest BCUT2D eigenvalue weighted by Crippen LogP contribution is 2.39. The predicted molar refractivity (Wildman–Crippen MR) is 129 cm³/mol. The standard InChI is InChI=1S/C26H24N2O4S/c1-2-32-26(31)21-10-6-7-11-22(21)27-24(30)19-12-14-20(15-13-19)25-28(23(29)17-33-25)16-18-8-4-3-5-9-18/h3-15,25H,2,16-17H2,1H3,(H,27,30)/t25-/m1/s1. The number of anilines is 1. The first kappa shape index (κ1) is 22.6. The number of benzene rings is 3. The Labute approximate surface area is 196 Å². The zero-order valence-corrected chi connectivity index (χ0v) is 19.0. The minimum atomic E-state index is -0.481. The third-order valence-electron chi connectivity index (χ3n) is 5.29. The van der Waals surface area contributed by atoms with Crippen LogP contribution in [0.1, 0.15) is 44.1 Å². The largest absolute Gasteiger partial charge is 0.462 e. The molecule has 0 saturated carbocycles. The van der Waals surface area contributed by atoms with Crippen LogP contribution in [0.15, 0.2) is 78.9 Å². The molecule has 0 aromatic heterocycles. The van der Waals surface area contributed by atoms with E-state index >= 15 is 0 Å². The van der Waals surface area contributed by atoms with Crippen molar-refractivity contribution < 1.29 is 19.1 Å². The molecule has 2 amide bonds. The van der Waals surface area contributed by atoms with Crippen LogP contribution < -0.4 is 5.32 Å². The lowest BCUT2D eigenvalue weighted by Gasteiger charge is -2.24. The van der Waals surface area contributed by atoms with Crippen molar-refractivity contribution in [1.29, 1.82) is 0 Å². The van der Waals surface area contributed by atoms with Crippen LogP contribution in [0.4, 0.5) is 5.69 Å². The Morgan fingerprint density at radius 2 is 1.70 bits per heavy atom. The van der Waals surface area contributed by atoms with Crippen molar-refractivity contribution in [1.82, 2.24) is 4.90 Å². The van der Waals surface area contributed by atoms with Gasteiger partial charge in [0, 0.05) is 12.1 Å². The Bertz CT molecular complexity index is 1150. The molecule has 33 heavy (non-hydrogen) atoms. The van der Waals surface area contributed by atoms with Gasteiger partial charge in [-0.05, 0) is 42.3 Å². The molecular formula is C26H24N2O4S. The van der Waals surface area contributed by atoms with Gasteiger partial charge >= 0.3 is 5.97 Å². The number of ether oxygens (including phenoxy) is 1. The molecule has 1 aliphatic rings. The van der Waals surface area contributed by atoms with Crippen molar-refractivity contribution in [3.05, 3.63) is 101 Å². The molecule has 0 unspecified atom stereocenters. The van der Waals surface area contributed by atoms with E-state index < -0.39 is 5.97 Å². The van der Waals surface area contributed by atoms with Crippen LogP contribution in [0, 0.1) is 0 Å². The van der Waals surface area contributed by atoms with Gasteiger partial charge in [0.05, 0.1) is 23.6 Å². The summed E-state index contributed by atoms with van der Waals surface area (Å²) in [6.45, 7) is 2.54. The van der Waals surface area contributed by atoms with Crippen LogP contribution in [0.25, 0.3) is 0 Å². The molecule has 1 saturated heterocycles. The molecular weight excluding hydrogens is 436 g/mol. The van der Waals surface area contributed by atoms with E-state index in [4.69, 9.17) is 4.74 Å². The van der Waals surface area contributed by atoms with E-state index in [0.29, 0.717) is 29.1 Å². The Balaban J connectivity index is 1.48. The van der Waals surface area contributed by atoms with E-state index in [1.54, 1.807) is 55.1 Å². The summed E-state index contributed by atoms with van der Waals surface area (Å²) in [6, 6.07) is 23.9. The summed E-state index contributed by atoms with van der Waals surface area (Å²) < 4.78 is 5.07. The molecule has 0 radical (unpaired) electrons. The lowest BCUT2D eigenvalue weighted by molar-refractivity contribution is -0.128. The van der Waals surface area contributed by atoms with E-state index in [0.717, 1.165) is 11.1 Å². The van der Waals surface area contributed by atoms with Crippen LogP contribution >= 0.6 is 11.8 Å². The van der Waals surface area contributed by atoms with Gasteiger partial charge in [0.15, 0.2) is 0 Å². The third-order valence-corrected chi connectivity index (χ3v) is 6.55. The van der Waals surface area contributed by atoms with Gasteiger partial charge in [0.25, 0.3) is 5.91 Å². The summed E-state index contributed by atoms with van der Waals surface area (Å²) in [7, 11) is 0. The number of nitrogens with one attached hydrogen (secondary N) is 1. The molecule has 0 bridgehead atoms. The maximum atomic E-state index is 12.8. The number of hydrogen-bond donors (Lipinski definition) is 1. The first-order valence-electron chi connectivity index (χ1n) is 10.7. The highest BCUT2D eigenvalue weighted by molar-refractivity contribution is 8.00. The van der Waals surface area contributed by atoms with Crippen molar-refractivity contribution in [2.75, 3.05) is 17.7 Å². The maximum Gasteiger partial charge on any atom is 0.340 e. The second-order valence-corrected chi connectivity index (χ2v) is 8.58. The number of carbonyl (C=O) groups is 3. The number of amides is 2. The molecule has 7 heteroatoms. The predicted octanol–water partition coefficient (Wildman–Crippen LogP) is 4.89. The molecule has 1 fully saturated rings. The fourth-order valence-electron chi connectivity index (χ4n) is 3.65. The molecule has 6 nitrogen and oxygen atoms in total. The minimum absolute atomic E-state index is 0.0978. The number of hydrogen-bond acceptors (Lipinski definition) is 5. The summed E-state index contributed by atoms with van der Waals surface area (Å²) in [5.41, 5.74) is 3.21. The second kappa shape index (κ2) is 10.4.